The highest BCUT2D eigenvalue weighted by molar-refractivity contribution is 7.15. The highest BCUT2D eigenvalue weighted by Crippen LogP contribution is 2.34. The Morgan fingerprint density at radius 1 is 1.27 bits per heavy atom. The van der Waals surface area contributed by atoms with Crippen LogP contribution in [0.5, 0.6) is 5.75 Å². The molecule has 5 rings (SSSR count). The molecule has 156 valence electrons. The van der Waals surface area contributed by atoms with Crippen LogP contribution in [0.1, 0.15) is 12.8 Å². The molecule has 0 unspecified atom stereocenters. The predicted octanol–water partition coefficient (Wildman–Crippen LogP) is 4.11. The van der Waals surface area contributed by atoms with E-state index in [2.05, 4.69) is 20.0 Å². The van der Waals surface area contributed by atoms with E-state index in [9.17, 15) is 0 Å². The summed E-state index contributed by atoms with van der Waals surface area (Å²) in [5, 5.41) is 8.92. The van der Waals surface area contributed by atoms with Gasteiger partial charge < -0.3 is 15.4 Å². The fourth-order valence-corrected chi connectivity index (χ4v) is 4.43. The van der Waals surface area contributed by atoms with Crippen molar-refractivity contribution in [2.24, 2.45) is 0 Å². The second-order valence-corrected chi connectivity index (χ2v) is 7.92. The number of anilines is 1. The zero-order chi connectivity index (χ0) is 19.6. The fourth-order valence-electron chi connectivity index (χ4n) is 3.72. The number of nitrogens with one attached hydrogen (secondary N) is 2. The first-order valence-electron chi connectivity index (χ1n) is 9.72. The Hall–Kier alpha value is -2.68. The van der Waals surface area contributed by atoms with Crippen molar-refractivity contribution >= 4 is 34.7 Å². The number of fused-ring (bicyclic) bond motifs is 1. The first-order chi connectivity index (χ1) is 14.3. The molecular formula is C21H23ClN6OS. The summed E-state index contributed by atoms with van der Waals surface area (Å²) in [6, 6.07) is 10.3. The van der Waals surface area contributed by atoms with Crippen LogP contribution in [0.3, 0.4) is 0 Å². The maximum absolute atomic E-state index is 5.41. The van der Waals surface area contributed by atoms with Gasteiger partial charge in [-0.05, 0) is 37.6 Å². The van der Waals surface area contributed by atoms with Crippen LogP contribution in [-0.2, 0) is 0 Å². The summed E-state index contributed by atoms with van der Waals surface area (Å²) in [4.78, 5) is 15.1. The summed E-state index contributed by atoms with van der Waals surface area (Å²) >= 11 is 1.61. The van der Waals surface area contributed by atoms with Gasteiger partial charge in [-0.1, -0.05) is 12.1 Å². The average Bonchev–Trinajstić information content (AvgIpc) is 3.36. The summed E-state index contributed by atoms with van der Waals surface area (Å²) in [5.41, 5.74) is 3.69. The average molecular weight is 443 g/mol. The van der Waals surface area contributed by atoms with Gasteiger partial charge in [0.2, 0.25) is 5.95 Å². The third kappa shape index (κ3) is 3.98. The summed E-state index contributed by atoms with van der Waals surface area (Å²) in [5.74, 6) is 1.46. The molecule has 4 heterocycles. The molecule has 1 fully saturated rings. The molecule has 1 saturated heterocycles. The summed E-state index contributed by atoms with van der Waals surface area (Å²) in [7, 11) is 1.67. The predicted molar refractivity (Wildman–Crippen MR) is 123 cm³/mol. The van der Waals surface area contributed by atoms with Gasteiger partial charge in [-0.2, -0.15) is 0 Å². The molecule has 1 atom stereocenters. The Kier molecular flexibility index (Phi) is 6.17. The first-order valence-corrected chi connectivity index (χ1v) is 10.6. The van der Waals surface area contributed by atoms with E-state index in [0.29, 0.717) is 12.0 Å². The zero-order valence-corrected chi connectivity index (χ0v) is 18.2. The Balaban J connectivity index is 0.00000218. The van der Waals surface area contributed by atoms with Gasteiger partial charge >= 0.3 is 0 Å². The van der Waals surface area contributed by atoms with Crippen LogP contribution in [0.4, 0.5) is 5.95 Å². The van der Waals surface area contributed by atoms with Gasteiger partial charge in [-0.3, -0.25) is 4.40 Å². The molecule has 9 heteroatoms. The van der Waals surface area contributed by atoms with E-state index in [-0.39, 0.29) is 12.4 Å². The monoisotopic (exact) mass is 442 g/mol. The van der Waals surface area contributed by atoms with Crippen LogP contribution in [0.25, 0.3) is 27.6 Å². The van der Waals surface area contributed by atoms with Crippen molar-refractivity contribution in [2.75, 3.05) is 25.5 Å². The van der Waals surface area contributed by atoms with Crippen molar-refractivity contribution in [3.05, 3.63) is 48.1 Å². The molecule has 0 spiro atoms. The third-order valence-electron chi connectivity index (χ3n) is 5.13. The Morgan fingerprint density at radius 2 is 2.20 bits per heavy atom. The molecule has 0 saturated carbocycles. The number of methoxy groups -OCH3 is 1. The van der Waals surface area contributed by atoms with Gasteiger partial charge in [0.1, 0.15) is 11.4 Å². The van der Waals surface area contributed by atoms with Crippen molar-refractivity contribution < 1.29 is 4.74 Å². The van der Waals surface area contributed by atoms with Crippen LogP contribution >= 0.6 is 23.7 Å². The van der Waals surface area contributed by atoms with Crippen molar-refractivity contribution in [1.29, 1.82) is 0 Å². The lowest BCUT2D eigenvalue weighted by atomic mass is 10.1. The smallest absolute Gasteiger partial charge is 0.223 e. The topological polar surface area (TPSA) is 76.4 Å². The number of thiazole rings is 1. The molecule has 0 bridgehead atoms. The number of benzene rings is 1. The first kappa shape index (κ1) is 20.6. The molecule has 1 aliphatic rings. The zero-order valence-electron chi connectivity index (χ0n) is 16.5. The molecule has 1 aromatic carbocycles. The third-order valence-corrected chi connectivity index (χ3v) is 5.89. The lowest BCUT2D eigenvalue weighted by molar-refractivity contribution is 0.415. The van der Waals surface area contributed by atoms with Gasteiger partial charge in [0.05, 0.1) is 18.5 Å². The van der Waals surface area contributed by atoms with E-state index >= 15 is 0 Å². The molecule has 30 heavy (non-hydrogen) atoms. The molecule has 2 N–H and O–H groups in total. The molecule has 1 aliphatic heterocycles. The molecule has 4 aromatic rings. The maximum Gasteiger partial charge on any atom is 0.223 e. The number of rotatable bonds is 5. The number of halogens is 1. The van der Waals surface area contributed by atoms with Gasteiger partial charge in [-0.15, -0.1) is 23.7 Å². The lowest BCUT2D eigenvalue weighted by Crippen LogP contribution is -2.38. The normalized spacial score (nSPS) is 16.2. The van der Waals surface area contributed by atoms with Crippen molar-refractivity contribution in [3.63, 3.8) is 0 Å². The van der Waals surface area contributed by atoms with Crippen molar-refractivity contribution in [2.45, 2.75) is 18.9 Å². The van der Waals surface area contributed by atoms with Crippen LogP contribution in [-0.4, -0.2) is 45.6 Å². The van der Waals surface area contributed by atoms with E-state index in [1.807, 2.05) is 48.1 Å². The summed E-state index contributed by atoms with van der Waals surface area (Å²) in [6.45, 7) is 2.01. The SMILES string of the molecule is COc1cccc(-c2nc3sccn3c2-c2ccnc(N[C@@H]3CCCNC3)n2)c1.Cl. The Labute approximate surface area is 185 Å². The van der Waals surface area contributed by atoms with Crippen molar-refractivity contribution in [3.8, 4) is 28.4 Å². The van der Waals surface area contributed by atoms with E-state index in [1.54, 1.807) is 18.4 Å². The number of nitrogens with zero attached hydrogens (tertiary/aromatic N) is 4. The minimum atomic E-state index is 0. The van der Waals surface area contributed by atoms with Crippen LogP contribution in [0.2, 0.25) is 0 Å². The van der Waals surface area contributed by atoms with Crippen molar-refractivity contribution in [1.82, 2.24) is 24.7 Å². The second kappa shape index (κ2) is 8.99. The standard InChI is InChI=1S/C21H22N6OS.ClH/c1-28-16-6-2-4-14(12-16)18-19(27-10-11-29-21(27)26-18)17-7-9-23-20(25-17)24-15-5-3-8-22-13-15;/h2,4,6-7,9-12,15,22H,3,5,8,13H2,1H3,(H,23,24,25);1H/t15-;/m1./s1. The Morgan fingerprint density at radius 3 is 3.03 bits per heavy atom. The number of aromatic nitrogens is 4. The molecule has 3 aromatic heterocycles. The Bertz CT molecular complexity index is 1140. The van der Waals surface area contributed by atoms with E-state index in [1.165, 1.54) is 0 Å². The summed E-state index contributed by atoms with van der Waals surface area (Å²) < 4.78 is 7.50. The van der Waals surface area contributed by atoms with E-state index in [0.717, 1.165) is 59.3 Å². The van der Waals surface area contributed by atoms with Crippen LogP contribution in [0.15, 0.2) is 48.1 Å². The van der Waals surface area contributed by atoms with Crippen LogP contribution in [0, 0.1) is 0 Å². The number of hydrogen-bond donors (Lipinski definition) is 2. The molecular weight excluding hydrogens is 420 g/mol. The number of hydrogen-bond acceptors (Lipinski definition) is 7. The molecule has 0 amide bonds. The largest absolute Gasteiger partial charge is 0.497 e. The highest BCUT2D eigenvalue weighted by atomic mass is 35.5. The van der Waals surface area contributed by atoms with Gasteiger partial charge in [0, 0.05) is 35.9 Å². The second-order valence-electron chi connectivity index (χ2n) is 7.05. The quantitative estimate of drug-likeness (QED) is 0.484. The van der Waals surface area contributed by atoms with Crippen LogP contribution < -0.4 is 15.4 Å². The molecule has 7 nitrogen and oxygen atoms in total. The van der Waals surface area contributed by atoms with Gasteiger partial charge in [0.25, 0.3) is 0 Å². The number of imidazole rings is 1. The highest BCUT2D eigenvalue weighted by Gasteiger charge is 2.20. The van der Waals surface area contributed by atoms with E-state index in [4.69, 9.17) is 14.7 Å². The maximum atomic E-state index is 5.41. The summed E-state index contributed by atoms with van der Waals surface area (Å²) in [6.07, 6.45) is 6.13. The van der Waals surface area contributed by atoms with E-state index < -0.39 is 0 Å². The number of ether oxygens (including phenoxy) is 1. The molecule has 0 aliphatic carbocycles. The molecule has 0 radical (unpaired) electrons. The number of piperidine rings is 1. The minimum absolute atomic E-state index is 0. The lowest BCUT2D eigenvalue weighted by Gasteiger charge is -2.23. The minimum Gasteiger partial charge on any atom is -0.497 e. The van der Waals surface area contributed by atoms with Gasteiger partial charge in [-0.25, -0.2) is 15.0 Å². The van der Waals surface area contributed by atoms with Gasteiger partial charge in [0.15, 0.2) is 4.96 Å². The fraction of sp³-hybridized carbons (Fsp3) is 0.286.